The molecule has 0 aliphatic rings. The Balaban J connectivity index is 4.61. The number of esters is 3. The third kappa shape index (κ3) is 56.1. The van der Waals surface area contributed by atoms with Gasteiger partial charge < -0.3 is 14.2 Å². The molecule has 0 N–H and O–H groups in total. The van der Waals surface area contributed by atoms with Gasteiger partial charge in [0.2, 0.25) is 0 Å². The van der Waals surface area contributed by atoms with Gasteiger partial charge >= 0.3 is 17.9 Å². The molecule has 0 fully saturated rings. The van der Waals surface area contributed by atoms with Crippen molar-refractivity contribution in [3.8, 4) is 0 Å². The molecule has 0 spiro atoms. The summed E-state index contributed by atoms with van der Waals surface area (Å²) in [4.78, 5) is 38.2. The van der Waals surface area contributed by atoms with Gasteiger partial charge in [-0.1, -0.05) is 256 Å². The van der Waals surface area contributed by atoms with E-state index in [0.717, 1.165) is 109 Å². The van der Waals surface area contributed by atoms with Crippen LogP contribution in [0.2, 0.25) is 0 Å². The summed E-state index contributed by atoms with van der Waals surface area (Å²) in [6, 6.07) is 0. The van der Waals surface area contributed by atoms with Gasteiger partial charge in [-0.05, 0) is 96.3 Å². The van der Waals surface area contributed by atoms with Gasteiger partial charge in [0.1, 0.15) is 13.2 Å². The molecular weight excluding hydrogens is 877 g/mol. The molecule has 0 aliphatic carbocycles. The third-order valence-electron chi connectivity index (χ3n) is 11.5. The van der Waals surface area contributed by atoms with Crippen molar-refractivity contribution in [3.05, 3.63) is 146 Å². The van der Waals surface area contributed by atoms with E-state index in [0.29, 0.717) is 12.8 Å². The zero-order valence-electron chi connectivity index (χ0n) is 45.4. The van der Waals surface area contributed by atoms with Gasteiger partial charge in [0.25, 0.3) is 0 Å². The second kappa shape index (κ2) is 57.9. The Morgan fingerprint density at radius 1 is 0.296 bits per heavy atom. The highest BCUT2D eigenvalue weighted by atomic mass is 16.6. The van der Waals surface area contributed by atoms with Gasteiger partial charge in [0, 0.05) is 19.3 Å². The Hall–Kier alpha value is -4.71. The quantitative estimate of drug-likeness (QED) is 0.0199. The van der Waals surface area contributed by atoms with Gasteiger partial charge in [-0.25, -0.2) is 0 Å². The van der Waals surface area contributed by atoms with Crippen LogP contribution in [0, 0.1) is 0 Å². The van der Waals surface area contributed by atoms with Crippen LogP contribution >= 0.6 is 0 Å². The molecule has 6 heteroatoms. The molecule has 0 aromatic heterocycles. The van der Waals surface area contributed by atoms with E-state index in [1.165, 1.54) is 70.6 Å². The number of carbonyl (C=O) groups excluding carboxylic acids is 3. The van der Waals surface area contributed by atoms with Crippen LogP contribution in [0.1, 0.15) is 226 Å². The SMILES string of the molecule is CCC\C=C/C=C\C=C/C=C\C=C/CCCCCCCC(=O)OCC(COC(=O)CCC/C=C\C/C=C\C/C=C\CCCCCCCC)OC(=O)CCCCCCC\C=C/C=C\C=C/C=C\CCCCC. The smallest absolute Gasteiger partial charge is 0.306 e. The standard InChI is InChI=1S/C65H102O6/c1-4-7-10-13-16-19-22-25-28-31-34-37-40-43-46-49-52-55-58-64(67)70-61-62(60-69-63(66)57-54-51-48-45-42-39-36-33-30-27-24-21-18-15-12-9-6-3)71-65(68)59-56-53-50-47-44-41-38-35-32-29-26-23-20-17-14-11-8-5-2/h10,13,16-17,19-20,22-23,25-32,34-39,45,48,62H,4-9,11-12,14-15,18,21,24,33,40-44,46-47,49-61H2,1-3H3/b13-10-,19-16-,20-17-,25-22-,26-23-,30-27-,31-28-,32-29-,37-34-,38-35-,39-36-,48-45-. The molecule has 0 aromatic rings. The molecule has 0 aliphatic heterocycles. The van der Waals surface area contributed by atoms with Crippen molar-refractivity contribution in [1.29, 1.82) is 0 Å². The molecule has 1 atom stereocenters. The second-order valence-electron chi connectivity index (χ2n) is 18.3. The number of unbranched alkanes of at least 4 members (excludes halogenated alkanes) is 21. The Morgan fingerprint density at radius 2 is 0.606 bits per heavy atom. The van der Waals surface area contributed by atoms with Crippen LogP contribution in [0.4, 0.5) is 0 Å². The number of hydrogen-bond donors (Lipinski definition) is 0. The van der Waals surface area contributed by atoms with Gasteiger partial charge in [-0.2, -0.15) is 0 Å². The summed E-state index contributed by atoms with van der Waals surface area (Å²) in [6.07, 6.45) is 82.5. The van der Waals surface area contributed by atoms with Crippen LogP contribution in [0.3, 0.4) is 0 Å². The fourth-order valence-corrected chi connectivity index (χ4v) is 7.20. The number of allylic oxidation sites excluding steroid dienone is 24. The summed E-state index contributed by atoms with van der Waals surface area (Å²) in [5.41, 5.74) is 0. The summed E-state index contributed by atoms with van der Waals surface area (Å²) >= 11 is 0. The van der Waals surface area contributed by atoms with E-state index in [2.05, 4.69) is 130 Å². The number of hydrogen-bond acceptors (Lipinski definition) is 6. The van der Waals surface area contributed by atoms with Crippen LogP contribution < -0.4 is 0 Å². The first-order valence-electron chi connectivity index (χ1n) is 28.5. The molecule has 0 saturated heterocycles. The number of rotatable bonds is 49. The molecule has 0 amide bonds. The van der Waals surface area contributed by atoms with Crippen LogP contribution in [-0.4, -0.2) is 37.2 Å². The average molecular weight is 980 g/mol. The average Bonchev–Trinajstić information content (AvgIpc) is 3.37. The highest BCUT2D eigenvalue weighted by molar-refractivity contribution is 5.71. The molecule has 0 radical (unpaired) electrons. The molecule has 1 unspecified atom stereocenters. The van der Waals surface area contributed by atoms with Crippen LogP contribution in [0.5, 0.6) is 0 Å². The predicted octanol–water partition coefficient (Wildman–Crippen LogP) is 19.2. The molecule has 0 saturated carbocycles. The summed E-state index contributed by atoms with van der Waals surface area (Å²) in [6.45, 7) is 6.41. The fraction of sp³-hybridized carbons (Fsp3) is 0.585. The Kier molecular flexibility index (Phi) is 54.0. The second-order valence-corrected chi connectivity index (χ2v) is 18.3. The maximum atomic E-state index is 12.9. The van der Waals surface area contributed by atoms with Gasteiger partial charge in [0.15, 0.2) is 6.10 Å². The zero-order valence-corrected chi connectivity index (χ0v) is 45.4. The Morgan fingerprint density at radius 3 is 1.06 bits per heavy atom. The molecule has 0 rings (SSSR count). The molecule has 0 bridgehead atoms. The monoisotopic (exact) mass is 979 g/mol. The predicted molar refractivity (Wildman–Crippen MR) is 306 cm³/mol. The van der Waals surface area contributed by atoms with Crippen LogP contribution in [-0.2, 0) is 28.6 Å². The normalized spacial score (nSPS) is 13.2. The Bertz CT molecular complexity index is 1590. The highest BCUT2D eigenvalue weighted by Crippen LogP contribution is 2.13. The topological polar surface area (TPSA) is 78.9 Å². The van der Waals surface area contributed by atoms with E-state index in [-0.39, 0.29) is 44.0 Å². The van der Waals surface area contributed by atoms with E-state index < -0.39 is 6.10 Å². The third-order valence-corrected chi connectivity index (χ3v) is 11.5. The molecule has 0 heterocycles. The lowest BCUT2D eigenvalue weighted by molar-refractivity contribution is -0.167. The highest BCUT2D eigenvalue weighted by Gasteiger charge is 2.19. The first-order valence-corrected chi connectivity index (χ1v) is 28.5. The first-order chi connectivity index (χ1) is 35.0. The van der Waals surface area contributed by atoms with E-state index in [9.17, 15) is 14.4 Å². The molecule has 0 aromatic carbocycles. The van der Waals surface area contributed by atoms with Crippen molar-refractivity contribution in [1.82, 2.24) is 0 Å². The summed E-state index contributed by atoms with van der Waals surface area (Å²) < 4.78 is 16.8. The molecule has 71 heavy (non-hydrogen) atoms. The summed E-state index contributed by atoms with van der Waals surface area (Å²) in [7, 11) is 0. The van der Waals surface area contributed by atoms with Crippen molar-refractivity contribution in [3.63, 3.8) is 0 Å². The van der Waals surface area contributed by atoms with E-state index in [1.807, 2.05) is 36.5 Å². The first kappa shape index (κ1) is 66.3. The van der Waals surface area contributed by atoms with Crippen molar-refractivity contribution in [2.24, 2.45) is 0 Å². The maximum absolute atomic E-state index is 12.9. The van der Waals surface area contributed by atoms with Gasteiger partial charge in [0.05, 0.1) is 0 Å². The number of ether oxygens (including phenoxy) is 3. The van der Waals surface area contributed by atoms with Crippen molar-refractivity contribution in [2.45, 2.75) is 232 Å². The van der Waals surface area contributed by atoms with E-state index in [4.69, 9.17) is 14.2 Å². The lowest BCUT2D eigenvalue weighted by Crippen LogP contribution is -2.30. The van der Waals surface area contributed by atoms with Crippen LogP contribution in [0.15, 0.2) is 146 Å². The minimum atomic E-state index is -0.829. The zero-order chi connectivity index (χ0) is 51.4. The fourth-order valence-electron chi connectivity index (χ4n) is 7.20. The molecule has 6 nitrogen and oxygen atoms in total. The van der Waals surface area contributed by atoms with E-state index >= 15 is 0 Å². The van der Waals surface area contributed by atoms with E-state index in [1.54, 1.807) is 0 Å². The summed E-state index contributed by atoms with van der Waals surface area (Å²) in [5, 5.41) is 0. The number of carbonyl (C=O) groups is 3. The van der Waals surface area contributed by atoms with Gasteiger partial charge in [-0.3, -0.25) is 14.4 Å². The van der Waals surface area contributed by atoms with Gasteiger partial charge in [-0.15, -0.1) is 0 Å². The van der Waals surface area contributed by atoms with Crippen LogP contribution in [0.25, 0.3) is 0 Å². The summed E-state index contributed by atoms with van der Waals surface area (Å²) in [5.74, 6) is -1.03. The van der Waals surface area contributed by atoms with Crippen molar-refractivity contribution >= 4 is 17.9 Å². The largest absolute Gasteiger partial charge is 0.462 e. The Labute approximate surface area is 436 Å². The molecule has 398 valence electrons. The van der Waals surface area contributed by atoms with Crippen molar-refractivity contribution in [2.75, 3.05) is 13.2 Å². The molecular formula is C65H102O6. The minimum Gasteiger partial charge on any atom is -0.462 e. The maximum Gasteiger partial charge on any atom is 0.306 e. The van der Waals surface area contributed by atoms with Crippen molar-refractivity contribution < 1.29 is 28.6 Å². The lowest BCUT2D eigenvalue weighted by Gasteiger charge is -2.18. The minimum absolute atomic E-state index is 0.123. The lowest BCUT2D eigenvalue weighted by atomic mass is 10.1.